The van der Waals surface area contributed by atoms with Gasteiger partial charge in [-0.2, -0.15) is 0 Å². The van der Waals surface area contributed by atoms with E-state index >= 15 is 0 Å². The van der Waals surface area contributed by atoms with Crippen molar-refractivity contribution < 1.29 is 33.5 Å². The van der Waals surface area contributed by atoms with E-state index in [1.807, 2.05) is 27.7 Å². The molecule has 0 radical (unpaired) electrons. The quantitative estimate of drug-likeness (QED) is 0.0997. The van der Waals surface area contributed by atoms with E-state index in [1.54, 1.807) is 0 Å². The van der Waals surface area contributed by atoms with Gasteiger partial charge < -0.3 is 33.5 Å². The second-order valence-electron chi connectivity index (χ2n) is 18.3. The molecule has 4 aromatic rings. The third-order valence-electron chi connectivity index (χ3n) is 13.4. The van der Waals surface area contributed by atoms with Gasteiger partial charge in [0.15, 0.2) is 11.6 Å². The first-order valence-electron chi connectivity index (χ1n) is 23.0. The zero-order valence-electron chi connectivity index (χ0n) is 39.8. The average molecular weight is 916 g/mol. The van der Waals surface area contributed by atoms with Crippen molar-refractivity contribution in [1.29, 1.82) is 0 Å². The Labute approximate surface area is 382 Å². The minimum atomic E-state index is -0.528. The topological polar surface area (TPSA) is 75.6 Å². The van der Waals surface area contributed by atoms with Gasteiger partial charge in [-0.25, -0.2) is 0 Å². The van der Waals surface area contributed by atoms with Crippen LogP contribution in [-0.4, -0.2) is 67.3 Å². The largest absolute Gasteiger partial charge is 0.491 e. The van der Waals surface area contributed by atoms with E-state index in [4.69, 9.17) is 28.4 Å². The Bertz CT molecular complexity index is 1920. The van der Waals surface area contributed by atoms with Gasteiger partial charge in [-0.15, -0.1) is 0 Å². The van der Waals surface area contributed by atoms with E-state index in [9.17, 15) is 5.11 Å². The number of alkyl halides is 1. The number of rotatable bonds is 18. The Hall–Kier alpha value is -3.24. The van der Waals surface area contributed by atoms with Crippen LogP contribution >= 0.6 is 15.9 Å². The van der Waals surface area contributed by atoms with E-state index < -0.39 is 11.6 Å². The summed E-state index contributed by atoms with van der Waals surface area (Å²) in [5.41, 5.74) is 12.9. The van der Waals surface area contributed by atoms with Gasteiger partial charge in [0.25, 0.3) is 0 Å². The smallest absolute Gasteiger partial charge is 0.163 e. The molecule has 0 unspecified atom stereocenters. The molecule has 4 aromatic carbocycles. The highest BCUT2D eigenvalue weighted by Gasteiger charge is 2.36. The van der Waals surface area contributed by atoms with Crippen molar-refractivity contribution in [3.8, 4) is 11.5 Å². The lowest BCUT2D eigenvalue weighted by atomic mass is 9.70. The van der Waals surface area contributed by atoms with Crippen LogP contribution in [0, 0.1) is 27.7 Å². The molecule has 2 aliphatic rings. The molecule has 0 aliphatic carbocycles. The second-order valence-corrected chi connectivity index (χ2v) is 19.1. The summed E-state index contributed by atoms with van der Waals surface area (Å²) < 4.78 is 35.2. The fourth-order valence-electron chi connectivity index (χ4n) is 9.51. The summed E-state index contributed by atoms with van der Waals surface area (Å²) in [6.45, 7) is 27.8. The molecule has 8 heteroatoms. The van der Waals surface area contributed by atoms with E-state index in [-0.39, 0.29) is 29.6 Å². The first-order valence-corrected chi connectivity index (χ1v) is 24.1. The number of hydrogen-bond acceptors (Lipinski definition) is 7. The average Bonchev–Trinajstić information content (AvgIpc) is 3.79. The van der Waals surface area contributed by atoms with Crippen LogP contribution in [0.5, 0.6) is 11.5 Å². The fraction of sp³-hybridized carbons (Fsp3) is 0.556. The third-order valence-corrected chi connectivity index (χ3v) is 13.8. The molecule has 0 amide bonds. The zero-order valence-corrected chi connectivity index (χ0v) is 41.4. The number of aryl methyl sites for hydroxylation is 5. The van der Waals surface area contributed by atoms with Crippen LogP contribution in [0.15, 0.2) is 72.8 Å². The van der Waals surface area contributed by atoms with Crippen molar-refractivity contribution in [2.75, 3.05) is 38.4 Å². The van der Waals surface area contributed by atoms with Crippen LogP contribution in [0.1, 0.15) is 137 Å². The molecule has 62 heavy (non-hydrogen) atoms. The molecule has 2 fully saturated rings. The highest BCUT2D eigenvalue weighted by atomic mass is 79.9. The van der Waals surface area contributed by atoms with E-state index in [1.165, 1.54) is 44.5 Å². The van der Waals surface area contributed by atoms with Gasteiger partial charge in [0.05, 0.1) is 13.2 Å². The molecule has 2 heterocycles. The SMILES string of the molecule is CCC(CC)(c1ccc(CCBr)c(C)c1)c1ccc(OC[C@@H]2COC(C)(C)O2)c(C)c1.CCC(CC)(c1ccc(CCO)c(C)c1)c1ccc(OC[C@@H]2COC(C)(C)O2)c(C)c1. The Morgan fingerprint density at radius 2 is 0.919 bits per heavy atom. The van der Waals surface area contributed by atoms with Gasteiger partial charge in [-0.3, -0.25) is 0 Å². The molecule has 7 nitrogen and oxygen atoms in total. The van der Waals surface area contributed by atoms with Crippen molar-refractivity contribution in [2.24, 2.45) is 0 Å². The maximum Gasteiger partial charge on any atom is 0.163 e. The minimum absolute atomic E-state index is 0.00735. The van der Waals surface area contributed by atoms with Crippen molar-refractivity contribution in [3.63, 3.8) is 0 Å². The van der Waals surface area contributed by atoms with Crippen molar-refractivity contribution in [1.82, 2.24) is 0 Å². The second kappa shape index (κ2) is 21.6. The Balaban J connectivity index is 0.000000234. The number of halogens is 1. The maximum absolute atomic E-state index is 9.31. The molecule has 0 spiro atoms. The lowest BCUT2D eigenvalue weighted by molar-refractivity contribution is -0.141. The van der Waals surface area contributed by atoms with Crippen LogP contribution in [0.3, 0.4) is 0 Å². The molecule has 2 atom stereocenters. The standard InChI is InChI=1S/C27H37BrO3.C27H38O4/c2*1-7-27(8-2,22-10-9-21(13-14-28)19(3)15-22)23-11-12-25(20(4)16-23)29-17-24-18-30-26(5,6)31-24/h9-12,15-16,24H,7-8,13-14,17-18H2,1-6H3;9-12,15-16,24,28H,7-8,13-14,17-18H2,1-6H3/t2*24-/m11/s1. The Morgan fingerprint density at radius 3 is 1.21 bits per heavy atom. The number of benzene rings is 4. The Morgan fingerprint density at radius 1 is 0.565 bits per heavy atom. The Kier molecular flexibility index (Phi) is 17.4. The highest BCUT2D eigenvalue weighted by Crippen LogP contribution is 2.43. The molecule has 1 N–H and O–H groups in total. The molecular weight excluding hydrogens is 840 g/mol. The van der Waals surface area contributed by atoms with Gasteiger partial charge >= 0.3 is 0 Å². The van der Waals surface area contributed by atoms with Gasteiger partial charge in [-0.05, 0) is 162 Å². The van der Waals surface area contributed by atoms with E-state index in [0.717, 1.165) is 60.1 Å². The monoisotopic (exact) mass is 914 g/mol. The molecule has 0 saturated carbocycles. The predicted octanol–water partition coefficient (Wildman–Crippen LogP) is 12.4. The summed E-state index contributed by atoms with van der Waals surface area (Å²) in [6.07, 6.45) is 5.85. The summed E-state index contributed by atoms with van der Waals surface area (Å²) in [7, 11) is 0. The predicted molar refractivity (Wildman–Crippen MR) is 257 cm³/mol. The summed E-state index contributed by atoms with van der Waals surface area (Å²) in [5.74, 6) is 0.769. The summed E-state index contributed by atoms with van der Waals surface area (Å²) >= 11 is 3.57. The van der Waals surface area contributed by atoms with Crippen molar-refractivity contribution >= 4 is 15.9 Å². The molecule has 340 valence electrons. The van der Waals surface area contributed by atoms with Gasteiger partial charge in [0, 0.05) is 22.8 Å². The van der Waals surface area contributed by atoms with Gasteiger partial charge in [-0.1, -0.05) is 104 Å². The van der Waals surface area contributed by atoms with Crippen LogP contribution in [0.25, 0.3) is 0 Å². The number of aliphatic hydroxyl groups is 1. The van der Waals surface area contributed by atoms with Crippen LogP contribution in [-0.2, 0) is 42.6 Å². The highest BCUT2D eigenvalue weighted by molar-refractivity contribution is 9.09. The fourth-order valence-corrected chi connectivity index (χ4v) is 9.94. The lowest BCUT2D eigenvalue weighted by Crippen LogP contribution is -2.27. The maximum atomic E-state index is 9.31. The van der Waals surface area contributed by atoms with Crippen LogP contribution < -0.4 is 9.47 Å². The van der Waals surface area contributed by atoms with E-state index in [0.29, 0.717) is 32.8 Å². The van der Waals surface area contributed by atoms with Gasteiger partial charge in [0.1, 0.15) is 36.9 Å². The molecule has 2 saturated heterocycles. The number of ether oxygens (including phenoxy) is 6. The van der Waals surface area contributed by atoms with Crippen molar-refractivity contribution in [2.45, 2.75) is 156 Å². The third kappa shape index (κ3) is 11.7. The normalized spacial score (nSPS) is 18.4. The summed E-state index contributed by atoms with van der Waals surface area (Å²) in [5, 5.41) is 10.3. The lowest BCUT2D eigenvalue weighted by Gasteiger charge is -2.34. The van der Waals surface area contributed by atoms with Crippen LogP contribution in [0.2, 0.25) is 0 Å². The van der Waals surface area contributed by atoms with Crippen LogP contribution in [0.4, 0.5) is 0 Å². The molecule has 2 aliphatic heterocycles. The summed E-state index contributed by atoms with van der Waals surface area (Å²) in [4.78, 5) is 0. The summed E-state index contributed by atoms with van der Waals surface area (Å²) in [6, 6.07) is 27.0. The molecule has 6 rings (SSSR count). The van der Waals surface area contributed by atoms with Gasteiger partial charge in [0.2, 0.25) is 0 Å². The first kappa shape index (κ1) is 49.8. The number of aliphatic hydroxyl groups excluding tert-OH is 1. The first-order chi connectivity index (χ1) is 29.5. The minimum Gasteiger partial charge on any atom is -0.491 e. The molecular formula is C54H75BrO7. The molecule has 0 aromatic heterocycles. The number of hydrogen-bond donors (Lipinski definition) is 1. The van der Waals surface area contributed by atoms with E-state index in [2.05, 4.69) is 144 Å². The van der Waals surface area contributed by atoms with Crippen molar-refractivity contribution in [3.05, 3.63) is 128 Å². The molecule has 0 bridgehead atoms. The zero-order chi connectivity index (χ0) is 45.3.